The minimum absolute atomic E-state index is 0.146. The fourth-order valence-electron chi connectivity index (χ4n) is 3.15. The molecule has 0 atom stereocenters. The third-order valence-electron chi connectivity index (χ3n) is 4.75. The first-order chi connectivity index (χ1) is 13.0. The lowest BCUT2D eigenvalue weighted by Gasteiger charge is -2.15. The van der Waals surface area contributed by atoms with Crippen LogP contribution in [0.25, 0.3) is 0 Å². The molecule has 0 spiro atoms. The zero-order valence-corrected chi connectivity index (χ0v) is 16.7. The standard InChI is InChI=1S/C22H26N2O2S/c1-16(2)17-8-7-9-18(14-17)23-22(26)19-10-3-4-11-20(19)27-15-21(25)24-12-5-6-13-24/h3-4,7-11,14,16H,5-6,12-13,15H2,1-2H3,(H,23,26). The molecule has 0 radical (unpaired) electrons. The van der Waals surface area contributed by atoms with Gasteiger partial charge < -0.3 is 10.2 Å². The van der Waals surface area contributed by atoms with E-state index in [1.807, 2.05) is 47.4 Å². The van der Waals surface area contributed by atoms with Gasteiger partial charge in [0.15, 0.2) is 0 Å². The van der Waals surface area contributed by atoms with Crippen LogP contribution in [0.3, 0.4) is 0 Å². The van der Waals surface area contributed by atoms with E-state index in [1.54, 1.807) is 0 Å². The Hall–Kier alpha value is -2.27. The second-order valence-electron chi connectivity index (χ2n) is 7.11. The van der Waals surface area contributed by atoms with Crippen molar-refractivity contribution in [3.63, 3.8) is 0 Å². The summed E-state index contributed by atoms with van der Waals surface area (Å²) in [7, 11) is 0. The van der Waals surface area contributed by atoms with Crippen LogP contribution >= 0.6 is 11.8 Å². The fourth-order valence-corrected chi connectivity index (χ4v) is 4.10. The van der Waals surface area contributed by atoms with Gasteiger partial charge in [-0.05, 0) is 48.6 Å². The van der Waals surface area contributed by atoms with Crippen molar-refractivity contribution in [1.29, 1.82) is 0 Å². The minimum Gasteiger partial charge on any atom is -0.342 e. The van der Waals surface area contributed by atoms with Crippen molar-refractivity contribution in [2.24, 2.45) is 0 Å². The van der Waals surface area contributed by atoms with Gasteiger partial charge in [0.05, 0.1) is 11.3 Å². The summed E-state index contributed by atoms with van der Waals surface area (Å²) in [5.74, 6) is 0.777. The number of hydrogen-bond donors (Lipinski definition) is 1. The highest BCUT2D eigenvalue weighted by molar-refractivity contribution is 8.00. The Kier molecular flexibility index (Phi) is 6.56. The quantitative estimate of drug-likeness (QED) is 0.732. The molecule has 2 amide bonds. The Bertz CT molecular complexity index is 813. The highest BCUT2D eigenvalue weighted by Crippen LogP contribution is 2.25. The number of benzene rings is 2. The largest absolute Gasteiger partial charge is 0.342 e. The van der Waals surface area contributed by atoms with E-state index in [2.05, 4.69) is 25.2 Å². The molecule has 0 saturated carbocycles. The third kappa shape index (κ3) is 5.13. The van der Waals surface area contributed by atoms with Crippen molar-refractivity contribution in [2.75, 3.05) is 24.2 Å². The first kappa shape index (κ1) is 19.5. The summed E-state index contributed by atoms with van der Waals surface area (Å²) in [6, 6.07) is 15.4. The predicted molar refractivity (Wildman–Crippen MR) is 111 cm³/mol. The first-order valence-electron chi connectivity index (χ1n) is 9.45. The van der Waals surface area contributed by atoms with Gasteiger partial charge in [0.25, 0.3) is 5.91 Å². The van der Waals surface area contributed by atoms with E-state index in [0.717, 1.165) is 36.5 Å². The number of rotatable bonds is 6. The molecule has 1 heterocycles. The molecule has 1 saturated heterocycles. The molecular weight excluding hydrogens is 356 g/mol. The maximum atomic E-state index is 12.8. The van der Waals surface area contributed by atoms with Crippen LogP contribution in [-0.2, 0) is 4.79 Å². The number of likely N-dealkylation sites (tertiary alicyclic amines) is 1. The highest BCUT2D eigenvalue weighted by Gasteiger charge is 2.19. The monoisotopic (exact) mass is 382 g/mol. The summed E-state index contributed by atoms with van der Waals surface area (Å²) in [5.41, 5.74) is 2.58. The lowest BCUT2D eigenvalue weighted by molar-refractivity contribution is -0.127. The normalized spacial score (nSPS) is 13.8. The second-order valence-corrected chi connectivity index (χ2v) is 8.12. The summed E-state index contributed by atoms with van der Waals surface area (Å²) >= 11 is 1.44. The lowest BCUT2D eigenvalue weighted by Crippen LogP contribution is -2.29. The molecule has 2 aromatic rings. The van der Waals surface area contributed by atoms with Gasteiger partial charge in [0.2, 0.25) is 5.91 Å². The summed E-state index contributed by atoms with van der Waals surface area (Å²) in [4.78, 5) is 27.8. The number of hydrogen-bond acceptors (Lipinski definition) is 3. The van der Waals surface area contributed by atoms with Gasteiger partial charge >= 0.3 is 0 Å². The summed E-state index contributed by atoms with van der Waals surface area (Å²) in [6.45, 7) is 5.97. The van der Waals surface area contributed by atoms with Crippen molar-refractivity contribution in [1.82, 2.24) is 4.90 Å². The molecule has 27 heavy (non-hydrogen) atoms. The zero-order valence-electron chi connectivity index (χ0n) is 15.9. The predicted octanol–water partition coefficient (Wildman–Crippen LogP) is 4.78. The van der Waals surface area contributed by atoms with Gasteiger partial charge in [-0.1, -0.05) is 38.1 Å². The molecule has 5 heteroatoms. The van der Waals surface area contributed by atoms with Crippen LogP contribution in [0.2, 0.25) is 0 Å². The molecule has 0 aliphatic carbocycles. The van der Waals surface area contributed by atoms with Gasteiger partial charge in [-0.3, -0.25) is 9.59 Å². The van der Waals surface area contributed by atoms with E-state index in [9.17, 15) is 9.59 Å². The van der Waals surface area contributed by atoms with Crippen molar-refractivity contribution < 1.29 is 9.59 Å². The molecule has 142 valence electrons. The molecule has 2 aromatic carbocycles. The van der Waals surface area contributed by atoms with E-state index < -0.39 is 0 Å². The molecule has 0 bridgehead atoms. The number of nitrogens with one attached hydrogen (secondary N) is 1. The Morgan fingerprint density at radius 2 is 1.81 bits per heavy atom. The van der Waals surface area contributed by atoms with Crippen molar-refractivity contribution in [3.05, 3.63) is 59.7 Å². The molecule has 0 aromatic heterocycles. The number of carbonyl (C=O) groups excluding carboxylic acids is 2. The van der Waals surface area contributed by atoms with Crippen LogP contribution in [0.5, 0.6) is 0 Å². The van der Waals surface area contributed by atoms with Crippen LogP contribution in [0.1, 0.15) is 48.5 Å². The van der Waals surface area contributed by atoms with Crippen molar-refractivity contribution in [3.8, 4) is 0 Å². The molecule has 4 nitrogen and oxygen atoms in total. The summed E-state index contributed by atoms with van der Waals surface area (Å²) < 4.78 is 0. The summed E-state index contributed by atoms with van der Waals surface area (Å²) in [6.07, 6.45) is 2.18. The van der Waals surface area contributed by atoms with Crippen LogP contribution in [0.15, 0.2) is 53.4 Å². The van der Waals surface area contributed by atoms with Crippen LogP contribution in [-0.4, -0.2) is 35.6 Å². The molecule has 1 aliphatic rings. The average Bonchev–Trinajstić information content (AvgIpc) is 3.21. The summed E-state index contributed by atoms with van der Waals surface area (Å²) in [5, 5.41) is 2.99. The second kappa shape index (κ2) is 9.09. The zero-order chi connectivity index (χ0) is 19.2. The van der Waals surface area contributed by atoms with E-state index in [4.69, 9.17) is 0 Å². The number of thioether (sulfide) groups is 1. The molecule has 1 fully saturated rings. The van der Waals surface area contributed by atoms with Crippen LogP contribution in [0.4, 0.5) is 5.69 Å². The van der Waals surface area contributed by atoms with Crippen LogP contribution < -0.4 is 5.32 Å². The van der Waals surface area contributed by atoms with E-state index in [1.165, 1.54) is 17.3 Å². The molecular formula is C22H26N2O2S. The van der Waals surface area contributed by atoms with Gasteiger partial charge in [0, 0.05) is 23.7 Å². The SMILES string of the molecule is CC(C)c1cccc(NC(=O)c2ccccc2SCC(=O)N2CCCC2)c1. The molecule has 1 N–H and O–H groups in total. The first-order valence-corrected chi connectivity index (χ1v) is 10.4. The third-order valence-corrected chi connectivity index (χ3v) is 5.81. The molecule has 0 unspecified atom stereocenters. The van der Waals surface area contributed by atoms with Crippen molar-refractivity contribution in [2.45, 2.75) is 37.5 Å². The van der Waals surface area contributed by atoms with Gasteiger partial charge in [-0.2, -0.15) is 0 Å². The Morgan fingerprint density at radius 1 is 1.07 bits per heavy atom. The van der Waals surface area contributed by atoms with E-state index in [-0.39, 0.29) is 11.8 Å². The smallest absolute Gasteiger partial charge is 0.256 e. The fraction of sp³-hybridized carbons (Fsp3) is 0.364. The van der Waals surface area contributed by atoms with Crippen molar-refractivity contribution >= 4 is 29.3 Å². The number of amides is 2. The van der Waals surface area contributed by atoms with Gasteiger partial charge in [-0.25, -0.2) is 0 Å². The Balaban J connectivity index is 1.68. The Morgan fingerprint density at radius 3 is 2.56 bits per heavy atom. The Labute approximate surface area is 165 Å². The van der Waals surface area contributed by atoms with Gasteiger partial charge in [0.1, 0.15) is 0 Å². The van der Waals surface area contributed by atoms with Crippen LogP contribution in [0, 0.1) is 0 Å². The molecule has 1 aliphatic heterocycles. The average molecular weight is 383 g/mol. The minimum atomic E-state index is -0.146. The lowest BCUT2D eigenvalue weighted by atomic mass is 10.0. The molecule has 3 rings (SSSR count). The maximum absolute atomic E-state index is 12.8. The van der Waals surface area contributed by atoms with Gasteiger partial charge in [-0.15, -0.1) is 11.8 Å². The van der Waals surface area contributed by atoms with E-state index >= 15 is 0 Å². The number of nitrogens with zero attached hydrogens (tertiary/aromatic N) is 1. The van der Waals surface area contributed by atoms with E-state index in [0.29, 0.717) is 17.2 Å². The number of anilines is 1. The number of carbonyl (C=O) groups is 2. The maximum Gasteiger partial charge on any atom is 0.256 e. The topological polar surface area (TPSA) is 49.4 Å². The highest BCUT2D eigenvalue weighted by atomic mass is 32.2.